The fraction of sp³-hybridized carbons (Fsp3) is 0.500. The zero-order valence-electron chi connectivity index (χ0n) is 13.4. The van der Waals surface area contributed by atoms with Crippen molar-refractivity contribution < 1.29 is 31.6 Å². The number of benzene rings is 1. The molecule has 0 spiro atoms. The molecular weight excluding hydrogens is 318 g/mol. The lowest BCUT2D eigenvalue weighted by molar-refractivity contribution is -0.903. The number of para-hydroxylation sites is 1. The number of rotatable bonds is 5. The highest BCUT2D eigenvalue weighted by molar-refractivity contribution is 5.90. The van der Waals surface area contributed by atoms with Gasteiger partial charge in [0.1, 0.15) is 0 Å². The van der Waals surface area contributed by atoms with Crippen LogP contribution in [0.2, 0.25) is 0 Å². The molecule has 6 nitrogen and oxygen atoms in total. The number of hydrogen-bond acceptors (Lipinski definition) is 3. The molecule has 1 aromatic rings. The SMILES string of the molecule is CCOC(=O)N1CC[NH+](CCC(=O)Nc2ccccc2)CC1.[Cl-]. The maximum absolute atomic E-state index is 11.9. The van der Waals surface area contributed by atoms with Gasteiger partial charge in [0.2, 0.25) is 5.91 Å². The van der Waals surface area contributed by atoms with Crippen LogP contribution in [-0.2, 0) is 9.53 Å². The van der Waals surface area contributed by atoms with Gasteiger partial charge in [-0.3, -0.25) is 9.69 Å². The summed E-state index contributed by atoms with van der Waals surface area (Å²) in [6.45, 7) is 6.10. The smallest absolute Gasteiger partial charge is 0.410 e. The van der Waals surface area contributed by atoms with Crippen molar-refractivity contribution in [1.82, 2.24) is 4.90 Å². The fourth-order valence-corrected chi connectivity index (χ4v) is 2.51. The van der Waals surface area contributed by atoms with Crippen LogP contribution in [0.15, 0.2) is 30.3 Å². The molecule has 1 aliphatic heterocycles. The first kappa shape index (κ1) is 19.3. The predicted octanol–water partition coefficient (Wildman–Crippen LogP) is -2.62. The molecule has 1 saturated heterocycles. The van der Waals surface area contributed by atoms with Crippen LogP contribution in [0, 0.1) is 0 Å². The first-order valence-electron chi connectivity index (χ1n) is 7.79. The van der Waals surface area contributed by atoms with Gasteiger partial charge >= 0.3 is 6.09 Å². The minimum atomic E-state index is -0.233. The van der Waals surface area contributed by atoms with E-state index in [2.05, 4.69) is 5.32 Å². The molecule has 2 amide bonds. The number of halogens is 1. The standard InChI is InChI=1S/C16H23N3O3.ClH/c1-2-22-16(21)19-12-10-18(11-13-19)9-8-15(20)17-14-6-4-3-5-7-14;/h3-7H,2,8-13H2,1H3,(H,17,20);1H. The Bertz CT molecular complexity index is 491. The second-order valence-corrected chi connectivity index (χ2v) is 5.35. The summed E-state index contributed by atoms with van der Waals surface area (Å²) in [6.07, 6.45) is 0.257. The van der Waals surface area contributed by atoms with Crippen LogP contribution in [0.4, 0.5) is 10.5 Å². The molecule has 0 aliphatic carbocycles. The summed E-state index contributed by atoms with van der Waals surface area (Å²) in [4.78, 5) is 26.6. The molecule has 2 N–H and O–H groups in total. The van der Waals surface area contributed by atoms with Crippen LogP contribution in [0.3, 0.4) is 0 Å². The van der Waals surface area contributed by atoms with E-state index in [1.807, 2.05) is 37.3 Å². The zero-order valence-corrected chi connectivity index (χ0v) is 14.1. The molecular formula is C16H24ClN3O3. The molecule has 0 unspecified atom stereocenters. The van der Waals surface area contributed by atoms with Gasteiger partial charge in [-0.2, -0.15) is 0 Å². The molecule has 1 aliphatic rings. The van der Waals surface area contributed by atoms with Crippen molar-refractivity contribution in [2.24, 2.45) is 0 Å². The second kappa shape index (κ2) is 10.1. The molecule has 0 bridgehead atoms. The minimum absolute atomic E-state index is 0. The lowest BCUT2D eigenvalue weighted by atomic mass is 10.2. The van der Waals surface area contributed by atoms with Crippen molar-refractivity contribution in [3.05, 3.63) is 30.3 Å². The monoisotopic (exact) mass is 341 g/mol. The van der Waals surface area contributed by atoms with Crippen LogP contribution >= 0.6 is 0 Å². The van der Waals surface area contributed by atoms with Crippen molar-refractivity contribution in [2.75, 3.05) is 44.6 Å². The molecule has 0 radical (unpaired) electrons. The summed E-state index contributed by atoms with van der Waals surface area (Å²) in [7, 11) is 0. The van der Waals surface area contributed by atoms with Crippen molar-refractivity contribution in [1.29, 1.82) is 0 Å². The summed E-state index contributed by atoms with van der Waals surface area (Å²) in [5.74, 6) is 0.0338. The number of hydrogen-bond donors (Lipinski definition) is 2. The van der Waals surface area contributed by atoms with Gasteiger partial charge in [-0.15, -0.1) is 0 Å². The van der Waals surface area contributed by atoms with Gasteiger partial charge in [0.25, 0.3) is 0 Å². The van der Waals surface area contributed by atoms with E-state index in [4.69, 9.17) is 4.74 Å². The van der Waals surface area contributed by atoms with Gasteiger partial charge < -0.3 is 27.4 Å². The lowest BCUT2D eigenvalue weighted by Crippen LogP contribution is -3.15. The number of quaternary nitrogens is 1. The third-order valence-corrected chi connectivity index (χ3v) is 3.76. The van der Waals surface area contributed by atoms with E-state index in [1.165, 1.54) is 4.90 Å². The average Bonchev–Trinajstić information content (AvgIpc) is 2.54. The van der Waals surface area contributed by atoms with Crippen LogP contribution < -0.4 is 22.6 Å². The van der Waals surface area contributed by atoms with E-state index in [-0.39, 0.29) is 24.4 Å². The molecule has 0 saturated carbocycles. The number of amides is 2. The predicted molar refractivity (Wildman–Crippen MR) is 83.8 cm³/mol. The molecule has 2 rings (SSSR count). The zero-order chi connectivity index (χ0) is 15.8. The van der Waals surface area contributed by atoms with Crippen LogP contribution in [0.5, 0.6) is 0 Å². The van der Waals surface area contributed by atoms with E-state index in [1.54, 1.807) is 4.90 Å². The molecule has 7 heteroatoms. The quantitative estimate of drug-likeness (QED) is 0.616. The van der Waals surface area contributed by atoms with Gasteiger partial charge in [0, 0.05) is 5.69 Å². The number of ether oxygens (including phenoxy) is 1. The average molecular weight is 342 g/mol. The Labute approximate surface area is 143 Å². The summed E-state index contributed by atoms with van der Waals surface area (Å²) < 4.78 is 4.99. The van der Waals surface area contributed by atoms with Crippen LogP contribution in [0.25, 0.3) is 0 Å². The number of nitrogens with one attached hydrogen (secondary N) is 2. The largest absolute Gasteiger partial charge is 1.00 e. The summed E-state index contributed by atoms with van der Waals surface area (Å²) in [5, 5.41) is 2.89. The van der Waals surface area contributed by atoms with Crippen molar-refractivity contribution >= 4 is 17.7 Å². The minimum Gasteiger partial charge on any atom is -1.00 e. The van der Waals surface area contributed by atoms with Gasteiger partial charge in [-0.25, -0.2) is 4.79 Å². The third-order valence-electron chi connectivity index (χ3n) is 3.76. The highest BCUT2D eigenvalue weighted by atomic mass is 35.5. The van der Waals surface area contributed by atoms with E-state index >= 15 is 0 Å². The number of anilines is 1. The van der Waals surface area contributed by atoms with Gasteiger partial charge in [-0.1, -0.05) is 18.2 Å². The first-order valence-corrected chi connectivity index (χ1v) is 7.79. The summed E-state index contributed by atoms with van der Waals surface area (Å²) in [6, 6.07) is 9.47. The fourth-order valence-electron chi connectivity index (χ4n) is 2.51. The van der Waals surface area contributed by atoms with Gasteiger partial charge in [0.15, 0.2) is 0 Å². The van der Waals surface area contributed by atoms with Crippen LogP contribution in [0.1, 0.15) is 13.3 Å². The molecule has 128 valence electrons. The topological polar surface area (TPSA) is 63.1 Å². The van der Waals surface area contributed by atoms with E-state index in [0.717, 1.165) is 25.3 Å². The lowest BCUT2D eigenvalue weighted by Gasteiger charge is -2.31. The summed E-state index contributed by atoms with van der Waals surface area (Å²) >= 11 is 0. The molecule has 23 heavy (non-hydrogen) atoms. The van der Waals surface area contributed by atoms with Crippen molar-refractivity contribution in [3.63, 3.8) is 0 Å². The van der Waals surface area contributed by atoms with Crippen molar-refractivity contribution in [2.45, 2.75) is 13.3 Å². The third kappa shape index (κ3) is 6.46. The summed E-state index contributed by atoms with van der Waals surface area (Å²) in [5.41, 5.74) is 0.828. The Kier molecular flexibility index (Phi) is 8.43. The van der Waals surface area contributed by atoms with Crippen molar-refractivity contribution in [3.8, 4) is 0 Å². The number of nitrogens with zero attached hydrogens (tertiary/aromatic N) is 1. The highest BCUT2D eigenvalue weighted by Crippen LogP contribution is 2.04. The Morgan fingerprint density at radius 2 is 1.87 bits per heavy atom. The Morgan fingerprint density at radius 1 is 1.22 bits per heavy atom. The maximum Gasteiger partial charge on any atom is 0.410 e. The van der Waals surface area contributed by atoms with Crippen LogP contribution in [-0.4, -0.2) is 56.2 Å². The van der Waals surface area contributed by atoms with E-state index in [0.29, 0.717) is 26.1 Å². The number of carbonyl (C=O) groups is 2. The number of carbonyl (C=O) groups excluding carboxylic acids is 2. The Hall–Kier alpha value is -1.79. The normalized spacial score (nSPS) is 14.7. The first-order chi connectivity index (χ1) is 10.7. The number of piperazine rings is 1. The maximum atomic E-state index is 11.9. The van der Waals surface area contributed by atoms with E-state index < -0.39 is 0 Å². The molecule has 1 aromatic carbocycles. The Balaban J connectivity index is 0.00000264. The molecule has 0 aromatic heterocycles. The molecule has 1 heterocycles. The molecule has 0 atom stereocenters. The van der Waals surface area contributed by atoms with E-state index in [9.17, 15) is 9.59 Å². The van der Waals surface area contributed by atoms with Gasteiger partial charge in [0.05, 0.1) is 45.8 Å². The second-order valence-electron chi connectivity index (χ2n) is 5.35. The Morgan fingerprint density at radius 3 is 2.48 bits per heavy atom. The molecule has 1 fully saturated rings. The van der Waals surface area contributed by atoms with Gasteiger partial charge in [-0.05, 0) is 19.1 Å². The highest BCUT2D eigenvalue weighted by Gasteiger charge is 2.24.